The van der Waals surface area contributed by atoms with Crippen molar-refractivity contribution in [2.45, 2.75) is 25.2 Å². The highest BCUT2D eigenvalue weighted by atomic mass is 16.5. The van der Waals surface area contributed by atoms with Gasteiger partial charge in [0, 0.05) is 6.54 Å². The Labute approximate surface area is 107 Å². The fourth-order valence-electron chi connectivity index (χ4n) is 2.96. The lowest BCUT2D eigenvalue weighted by Gasteiger charge is -2.29. The van der Waals surface area contributed by atoms with Crippen LogP contribution in [0.2, 0.25) is 0 Å². The van der Waals surface area contributed by atoms with Gasteiger partial charge < -0.3 is 14.1 Å². The predicted octanol–water partition coefficient (Wildman–Crippen LogP) is 2.02. The van der Waals surface area contributed by atoms with E-state index in [-0.39, 0.29) is 17.8 Å². The molecule has 0 saturated carbocycles. The lowest BCUT2D eigenvalue weighted by atomic mass is 9.92. The molecule has 0 spiro atoms. The fraction of sp³-hybridized carbons (Fsp3) is 0.643. The van der Waals surface area contributed by atoms with E-state index in [4.69, 9.17) is 9.15 Å². The molecular formula is C14H19NO3. The summed E-state index contributed by atoms with van der Waals surface area (Å²) in [5.41, 5.74) is 0. The number of cyclic esters (lactones) is 1. The van der Waals surface area contributed by atoms with Gasteiger partial charge in [0.2, 0.25) is 0 Å². The van der Waals surface area contributed by atoms with Gasteiger partial charge in [-0.15, -0.1) is 0 Å². The van der Waals surface area contributed by atoms with Crippen molar-refractivity contribution in [3.63, 3.8) is 0 Å². The molecule has 2 saturated heterocycles. The number of nitrogens with zero attached hydrogens (tertiary/aromatic N) is 1. The number of esters is 1. The van der Waals surface area contributed by atoms with Crippen molar-refractivity contribution in [3.8, 4) is 0 Å². The topological polar surface area (TPSA) is 42.7 Å². The van der Waals surface area contributed by atoms with E-state index in [1.807, 2.05) is 12.1 Å². The molecule has 0 aliphatic carbocycles. The predicted molar refractivity (Wildman–Crippen MR) is 66.2 cm³/mol. The highest BCUT2D eigenvalue weighted by Gasteiger charge is 2.40. The van der Waals surface area contributed by atoms with Crippen LogP contribution in [0.25, 0.3) is 0 Å². The normalized spacial score (nSPS) is 29.4. The van der Waals surface area contributed by atoms with Crippen molar-refractivity contribution < 1.29 is 13.9 Å². The molecule has 0 aromatic carbocycles. The van der Waals surface area contributed by atoms with E-state index in [0.29, 0.717) is 6.61 Å². The molecule has 1 aromatic heterocycles. The average molecular weight is 249 g/mol. The fourth-order valence-corrected chi connectivity index (χ4v) is 2.96. The molecule has 0 radical (unpaired) electrons. The number of carbonyl (C=O) groups excluding carboxylic acids is 1. The van der Waals surface area contributed by atoms with Gasteiger partial charge in [0.1, 0.15) is 12.4 Å². The lowest BCUT2D eigenvalue weighted by Crippen LogP contribution is -2.37. The zero-order valence-electron chi connectivity index (χ0n) is 10.5. The molecule has 2 aliphatic rings. The van der Waals surface area contributed by atoms with E-state index in [1.54, 1.807) is 6.26 Å². The number of ether oxygens (including phenoxy) is 1. The second-order valence-corrected chi connectivity index (χ2v) is 5.22. The Morgan fingerprint density at radius 1 is 1.28 bits per heavy atom. The molecule has 2 aliphatic heterocycles. The zero-order valence-corrected chi connectivity index (χ0v) is 10.5. The van der Waals surface area contributed by atoms with Crippen LogP contribution in [0.5, 0.6) is 0 Å². The standard InChI is InChI=1S/C14H19NO3/c16-14-11(9-15-6-2-1-3-7-15)12(10-18-14)13-5-4-8-17-13/h4-5,8,11-12H,1-3,6-7,9-10H2/t11?,12-/m0/s1. The second kappa shape index (κ2) is 5.14. The van der Waals surface area contributed by atoms with Gasteiger partial charge >= 0.3 is 5.97 Å². The lowest BCUT2D eigenvalue weighted by molar-refractivity contribution is -0.141. The highest BCUT2D eigenvalue weighted by Crippen LogP contribution is 2.33. The molecule has 1 aromatic rings. The Kier molecular flexibility index (Phi) is 3.37. The number of hydrogen-bond donors (Lipinski definition) is 0. The van der Waals surface area contributed by atoms with Crippen molar-refractivity contribution >= 4 is 5.97 Å². The van der Waals surface area contributed by atoms with E-state index >= 15 is 0 Å². The first-order valence-corrected chi connectivity index (χ1v) is 6.77. The van der Waals surface area contributed by atoms with Crippen LogP contribution >= 0.6 is 0 Å². The van der Waals surface area contributed by atoms with Crippen molar-refractivity contribution in [3.05, 3.63) is 24.2 Å². The summed E-state index contributed by atoms with van der Waals surface area (Å²) < 4.78 is 10.7. The maximum Gasteiger partial charge on any atom is 0.311 e. The second-order valence-electron chi connectivity index (χ2n) is 5.22. The van der Waals surface area contributed by atoms with Gasteiger partial charge in [-0.2, -0.15) is 0 Å². The SMILES string of the molecule is O=C1OC[C@H](c2ccco2)C1CN1CCCCC1. The maximum absolute atomic E-state index is 11.9. The van der Waals surface area contributed by atoms with Crippen molar-refractivity contribution in [2.75, 3.05) is 26.2 Å². The van der Waals surface area contributed by atoms with Crippen LogP contribution in [0.1, 0.15) is 30.9 Å². The summed E-state index contributed by atoms with van der Waals surface area (Å²) in [5.74, 6) is 0.841. The van der Waals surface area contributed by atoms with E-state index in [2.05, 4.69) is 4.90 Å². The summed E-state index contributed by atoms with van der Waals surface area (Å²) in [6.45, 7) is 3.48. The third-order valence-corrected chi connectivity index (χ3v) is 4.01. The molecule has 98 valence electrons. The Hall–Kier alpha value is -1.29. The minimum atomic E-state index is -0.0676. The van der Waals surface area contributed by atoms with Crippen LogP contribution in [-0.4, -0.2) is 37.1 Å². The molecular weight excluding hydrogens is 230 g/mol. The van der Waals surface area contributed by atoms with Crippen LogP contribution < -0.4 is 0 Å². The Bertz CT molecular complexity index is 395. The Morgan fingerprint density at radius 2 is 2.11 bits per heavy atom. The summed E-state index contributed by atoms with van der Waals surface area (Å²) in [6.07, 6.45) is 5.46. The first kappa shape index (κ1) is 11.8. The maximum atomic E-state index is 11.9. The first-order valence-electron chi connectivity index (χ1n) is 6.77. The molecule has 0 amide bonds. The number of likely N-dealkylation sites (tertiary alicyclic amines) is 1. The molecule has 4 heteroatoms. The first-order chi connectivity index (χ1) is 8.84. The van der Waals surface area contributed by atoms with Crippen LogP contribution in [-0.2, 0) is 9.53 Å². The van der Waals surface area contributed by atoms with Crippen LogP contribution in [0.3, 0.4) is 0 Å². The molecule has 1 unspecified atom stereocenters. The number of hydrogen-bond acceptors (Lipinski definition) is 4. The largest absolute Gasteiger partial charge is 0.469 e. The van der Waals surface area contributed by atoms with Gasteiger partial charge in [0.25, 0.3) is 0 Å². The third-order valence-electron chi connectivity index (χ3n) is 4.01. The zero-order chi connectivity index (χ0) is 12.4. The van der Waals surface area contributed by atoms with Gasteiger partial charge in [0.05, 0.1) is 18.1 Å². The number of carbonyl (C=O) groups is 1. The van der Waals surface area contributed by atoms with E-state index in [0.717, 1.165) is 25.4 Å². The van der Waals surface area contributed by atoms with E-state index < -0.39 is 0 Å². The molecule has 0 N–H and O–H groups in total. The molecule has 18 heavy (non-hydrogen) atoms. The van der Waals surface area contributed by atoms with Gasteiger partial charge in [-0.3, -0.25) is 4.79 Å². The molecule has 2 atom stereocenters. The molecule has 4 nitrogen and oxygen atoms in total. The summed E-state index contributed by atoms with van der Waals surface area (Å²) >= 11 is 0. The number of furan rings is 1. The summed E-state index contributed by atoms with van der Waals surface area (Å²) in [7, 11) is 0. The molecule has 3 heterocycles. The van der Waals surface area contributed by atoms with Crippen molar-refractivity contribution in [2.24, 2.45) is 5.92 Å². The monoisotopic (exact) mass is 249 g/mol. The van der Waals surface area contributed by atoms with Crippen LogP contribution in [0, 0.1) is 5.92 Å². The van der Waals surface area contributed by atoms with Gasteiger partial charge in [-0.25, -0.2) is 0 Å². The summed E-state index contributed by atoms with van der Waals surface area (Å²) in [5, 5.41) is 0. The Balaban J connectivity index is 1.69. The average Bonchev–Trinajstić information content (AvgIpc) is 3.02. The highest BCUT2D eigenvalue weighted by molar-refractivity contribution is 5.76. The van der Waals surface area contributed by atoms with Gasteiger partial charge in [0.15, 0.2) is 0 Å². The van der Waals surface area contributed by atoms with Gasteiger partial charge in [-0.1, -0.05) is 6.42 Å². The van der Waals surface area contributed by atoms with Gasteiger partial charge in [-0.05, 0) is 38.1 Å². The van der Waals surface area contributed by atoms with Crippen molar-refractivity contribution in [1.29, 1.82) is 0 Å². The minimum absolute atomic E-state index is 0.0609. The third kappa shape index (κ3) is 2.29. The van der Waals surface area contributed by atoms with E-state index in [1.165, 1.54) is 19.3 Å². The smallest absolute Gasteiger partial charge is 0.311 e. The quantitative estimate of drug-likeness (QED) is 0.769. The number of rotatable bonds is 3. The molecule has 2 fully saturated rings. The Morgan fingerprint density at radius 3 is 2.83 bits per heavy atom. The van der Waals surface area contributed by atoms with Crippen molar-refractivity contribution in [1.82, 2.24) is 4.90 Å². The van der Waals surface area contributed by atoms with E-state index in [9.17, 15) is 4.79 Å². The minimum Gasteiger partial charge on any atom is -0.469 e. The summed E-state index contributed by atoms with van der Waals surface area (Å²) in [6, 6.07) is 3.81. The molecule has 0 bridgehead atoms. The van der Waals surface area contributed by atoms with Crippen LogP contribution in [0.15, 0.2) is 22.8 Å². The summed E-state index contributed by atoms with van der Waals surface area (Å²) in [4.78, 5) is 14.2. The van der Waals surface area contributed by atoms with Crippen LogP contribution in [0.4, 0.5) is 0 Å². The number of piperidine rings is 1. The molecule has 3 rings (SSSR count).